The van der Waals surface area contributed by atoms with Crippen LogP contribution in [0, 0.1) is 0 Å². The molecule has 4 nitrogen and oxygen atoms in total. The number of aromatic nitrogens is 2. The van der Waals surface area contributed by atoms with Crippen molar-refractivity contribution in [2.24, 2.45) is 4.99 Å². The fraction of sp³-hybridized carbons (Fsp3) is 0.583. The van der Waals surface area contributed by atoms with Crippen LogP contribution >= 0.6 is 0 Å². The molecule has 1 aliphatic carbocycles. The van der Waals surface area contributed by atoms with Crippen LogP contribution in [-0.2, 0) is 12.8 Å². The van der Waals surface area contributed by atoms with Gasteiger partial charge in [-0.25, -0.2) is 15.0 Å². The van der Waals surface area contributed by atoms with Crippen molar-refractivity contribution in [1.82, 2.24) is 14.9 Å². The van der Waals surface area contributed by atoms with Crippen molar-refractivity contribution in [2.45, 2.75) is 32.6 Å². The van der Waals surface area contributed by atoms with Gasteiger partial charge in [0.25, 0.3) is 0 Å². The van der Waals surface area contributed by atoms with Crippen molar-refractivity contribution < 1.29 is 0 Å². The molecule has 1 aliphatic rings. The van der Waals surface area contributed by atoms with E-state index < -0.39 is 0 Å². The van der Waals surface area contributed by atoms with Crippen LogP contribution in [0.15, 0.2) is 11.3 Å². The second-order valence-electron chi connectivity index (χ2n) is 4.38. The molecule has 1 aromatic heterocycles. The Labute approximate surface area is 96.4 Å². The second kappa shape index (κ2) is 4.60. The van der Waals surface area contributed by atoms with E-state index in [1.54, 1.807) is 6.33 Å². The molecular formula is C12H18N4. The van der Waals surface area contributed by atoms with E-state index >= 15 is 0 Å². The zero-order valence-corrected chi connectivity index (χ0v) is 10.2. The topological polar surface area (TPSA) is 41.4 Å². The van der Waals surface area contributed by atoms with E-state index in [9.17, 15) is 0 Å². The summed E-state index contributed by atoms with van der Waals surface area (Å²) in [5.41, 5.74) is 2.43. The Kier molecular flexibility index (Phi) is 3.17. The lowest BCUT2D eigenvalue weighted by molar-refractivity contribution is 0.617. The SMILES string of the molecule is CC(=Nc1ncnc2c1CCCC2)N(C)C. The summed E-state index contributed by atoms with van der Waals surface area (Å²) < 4.78 is 0. The molecule has 86 valence electrons. The van der Waals surface area contributed by atoms with E-state index in [1.165, 1.54) is 24.1 Å². The van der Waals surface area contributed by atoms with Gasteiger partial charge in [-0.2, -0.15) is 0 Å². The van der Waals surface area contributed by atoms with Gasteiger partial charge < -0.3 is 4.90 Å². The molecule has 0 fully saturated rings. The number of hydrogen-bond acceptors (Lipinski definition) is 3. The van der Waals surface area contributed by atoms with Gasteiger partial charge in [0, 0.05) is 25.4 Å². The molecule has 0 N–H and O–H groups in total. The van der Waals surface area contributed by atoms with Gasteiger partial charge in [0.1, 0.15) is 12.2 Å². The van der Waals surface area contributed by atoms with E-state index in [-0.39, 0.29) is 0 Å². The minimum absolute atomic E-state index is 0.857. The summed E-state index contributed by atoms with van der Waals surface area (Å²) in [4.78, 5) is 15.2. The average molecular weight is 218 g/mol. The Morgan fingerprint density at radius 2 is 2.00 bits per heavy atom. The van der Waals surface area contributed by atoms with Gasteiger partial charge >= 0.3 is 0 Å². The third-order valence-corrected chi connectivity index (χ3v) is 3.02. The van der Waals surface area contributed by atoms with Crippen molar-refractivity contribution in [2.75, 3.05) is 14.1 Å². The first-order valence-corrected chi connectivity index (χ1v) is 5.74. The highest BCUT2D eigenvalue weighted by molar-refractivity contribution is 5.81. The molecule has 2 rings (SSSR count). The van der Waals surface area contributed by atoms with Crippen molar-refractivity contribution >= 4 is 11.7 Å². The highest BCUT2D eigenvalue weighted by Gasteiger charge is 2.15. The van der Waals surface area contributed by atoms with E-state index in [0.717, 1.165) is 24.5 Å². The lowest BCUT2D eigenvalue weighted by atomic mass is 9.97. The zero-order valence-electron chi connectivity index (χ0n) is 10.2. The number of fused-ring (bicyclic) bond motifs is 1. The number of nitrogens with zero attached hydrogens (tertiary/aromatic N) is 4. The molecule has 4 heteroatoms. The van der Waals surface area contributed by atoms with Crippen molar-refractivity contribution in [1.29, 1.82) is 0 Å². The molecule has 0 unspecified atom stereocenters. The molecule has 0 saturated heterocycles. The smallest absolute Gasteiger partial charge is 0.160 e. The van der Waals surface area contributed by atoms with Crippen LogP contribution in [0.3, 0.4) is 0 Å². The average Bonchev–Trinajstić information content (AvgIpc) is 2.29. The Morgan fingerprint density at radius 1 is 1.25 bits per heavy atom. The number of hydrogen-bond donors (Lipinski definition) is 0. The van der Waals surface area contributed by atoms with Crippen LogP contribution < -0.4 is 0 Å². The molecule has 0 atom stereocenters. The van der Waals surface area contributed by atoms with E-state index in [4.69, 9.17) is 0 Å². The maximum atomic E-state index is 4.56. The van der Waals surface area contributed by atoms with Gasteiger partial charge in [-0.05, 0) is 32.6 Å². The molecule has 0 saturated carbocycles. The monoisotopic (exact) mass is 218 g/mol. The Bertz CT molecular complexity index is 409. The number of aryl methyl sites for hydroxylation is 1. The third kappa shape index (κ3) is 2.21. The molecule has 0 bridgehead atoms. The molecule has 1 heterocycles. The number of amidine groups is 1. The molecule has 1 aromatic rings. The van der Waals surface area contributed by atoms with Crippen molar-refractivity contribution in [3.63, 3.8) is 0 Å². The van der Waals surface area contributed by atoms with Crippen molar-refractivity contribution in [3.05, 3.63) is 17.6 Å². The van der Waals surface area contributed by atoms with Gasteiger partial charge in [-0.1, -0.05) is 0 Å². The highest BCUT2D eigenvalue weighted by Crippen LogP contribution is 2.26. The number of rotatable bonds is 1. The molecule has 0 spiro atoms. The zero-order chi connectivity index (χ0) is 11.5. The van der Waals surface area contributed by atoms with Crippen molar-refractivity contribution in [3.8, 4) is 0 Å². The predicted octanol–water partition coefficient (Wildman–Crippen LogP) is 1.97. The molecule has 0 amide bonds. The highest BCUT2D eigenvalue weighted by atomic mass is 15.1. The van der Waals surface area contributed by atoms with E-state index in [2.05, 4.69) is 15.0 Å². The van der Waals surface area contributed by atoms with Crippen LogP contribution in [0.5, 0.6) is 0 Å². The quantitative estimate of drug-likeness (QED) is 0.534. The first kappa shape index (κ1) is 11.0. The summed E-state index contributed by atoms with van der Waals surface area (Å²) >= 11 is 0. The minimum Gasteiger partial charge on any atom is -0.366 e. The Hall–Kier alpha value is -1.45. The van der Waals surface area contributed by atoms with Crippen LogP contribution in [0.4, 0.5) is 5.82 Å². The lowest BCUT2D eigenvalue weighted by Crippen LogP contribution is -2.18. The molecule has 16 heavy (non-hydrogen) atoms. The summed E-state index contributed by atoms with van der Waals surface area (Å²) in [6.45, 7) is 2.00. The first-order valence-electron chi connectivity index (χ1n) is 5.74. The van der Waals surface area contributed by atoms with Gasteiger partial charge in [0.2, 0.25) is 0 Å². The molecule has 0 aromatic carbocycles. The summed E-state index contributed by atoms with van der Waals surface area (Å²) in [6, 6.07) is 0. The van der Waals surface area contributed by atoms with E-state index in [1.807, 2.05) is 25.9 Å². The fourth-order valence-electron chi connectivity index (χ4n) is 1.85. The van der Waals surface area contributed by atoms with Crippen LogP contribution in [0.25, 0.3) is 0 Å². The number of aliphatic imine (C=N–C) groups is 1. The summed E-state index contributed by atoms with van der Waals surface area (Å²) in [5.74, 6) is 1.84. The predicted molar refractivity (Wildman–Crippen MR) is 65.1 cm³/mol. The Morgan fingerprint density at radius 3 is 2.75 bits per heavy atom. The standard InChI is InChI=1S/C12H18N4/c1-9(16(2)3)15-12-10-6-4-5-7-11(10)13-8-14-12/h8H,4-7H2,1-3H3. The first-order chi connectivity index (χ1) is 7.68. The maximum Gasteiger partial charge on any atom is 0.160 e. The maximum absolute atomic E-state index is 4.56. The fourth-order valence-corrected chi connectivity index (χ4v) is 1.85. The Balaban J connectivity index is 2.38. The van der Waals surface area contributed by atoms with Gasteiger partial charge in [0.15, 0.2) is 5.82 Å². The third-order valence-electron chi connectivity index (χ3n) is 3.02. The van der Waals surface area contributed by atoms with E-state index in [0.29, 0.717) is 0 Å². The van der Waals surface area contributed by atoms with Crippen LogP contribution in [-0.4, -0.2) is 34.8 Å². The van der Waals surface area contributed by atoms with Gasteiger partial charge in [-0.15, -0.1) is 0 Å². The normalized spacial score (nSPS) is 15.8. The van der Waals surface area contributed by atoms with Crippen LogP contribution in [0.1, 0.15) is 31.0 Å². The minimum atomic E-state index is 0.857. The summed E-state index contributed by atoms with van der Waals surface area (Å²) in [7, 11) is 3.99. The largest absolute Gasteiger partial charge is 0.366 e. The lowest BCUT2D eigenvalue weighted by Gasteiger charge is -2.16. The summed E-state index contributed by atoms with van der Waals surface area (Å²) in [6.07, 6.45) is 6.23. The molecular weight excluding hydrogens is 200 g/mol. The molecule has 0 radical (unpaired) electrons. The molecule has 0 aliphatic heterocycles. The second-order valence-corrected chi connectivity index (χ2v) is 4.38. The van der Waals surface area contributed by atoms with Crippen LogP contribution in [0.2, 0.25) is 0 Å². The van der Waals surface area contributed by atoms with Gasteiger partial charge in [-0.3, -0.25) is 0 Å². The van der Waals surface area contributed by atoms with Gasteiger partial charge in [0.05, 0.1) is 0 Å². The summed E-state index contributed by atoms with van der Waals surface area (Å²) in [5, 5.41) is 0.